The van der Waals surface area contributed by atoms with Crippen molar-refractivity contribution < 1.29 is 0 Å². The highest BCUT2D eigenvalue weighted by Crippen LogP contribution is 2.25. The Hall–Kier alpha value is -0.450. The van der Waals surface area contributed by atoms with Crippen LogP contribution >= 0.6 is 24.8 Å². The van der Waals surface area contributed by atoms with Crippen molar-refractivity contribution in [3.63, 3.8) is 0 Å². The number of halogens is 2. The highest BCUT2D eigenvalue weighted by atomic mass is 35.5. The van der Waals surface area contributed by atoms with E-state index in [1.54, 1.807) is 0 Å². The molecule has 4 nitrogen and oxygen atoms in total. The molecule has 76 valence electrons. The van der Waals surface area contributed by atoms with E-state index < -0.39 is 0 Å². The molecule has 1 aromatic rings. The molecule has 6 heteroatoms. The van der Waals surface area contributed by atoms with Crippen LogP contribution < -0.4 is 10.9 Å². The molecule has 0 atom stereocenters. The van der Waals surface area contributed by atoms with Gasteiger partial charge in [-0.15, -0.1) is 24.8 Å². The Morgan fingerprint density at radius 1 is 1.23 bits per heavy atom. The largest absolute Gasteiger partial charge is 0.302 e. The number of rotatable bonds is 0. The normalized spacial score (nSPS) is 17.1. The molecule has 0 saturated heterocycles. The molecule has 0 radical (unpaired) electrons. The fourth-order valence-corrected chi connectivity index (χ4v) is 1.48. The van der Waals surface area contributed by atoms with Crippen molar-refractivity contribution >= 4 is 24.8 Å². The molecular weight excluding hydrogens is 213 g/mol. The molecule has 0 spiro atoms. The Morgan fingerprint density at radius 2 is 1.85 bits per heavy atom. The van der Waals surface area contributed by atoms with E-state index in [9.17, 15) is 4.79 Å². The first kappa shape index (κ1) is 12.6. The summed E-state index contributed by atoms with van der Waals surface area (Å²) in [7, 11) is 0. The van der Waals surface area contributed by atoms with E-state index >= 15 is 0 Å². The molecule has 0 aliphatic carbocycles. The topological polar surface area (TPSA) is 60.7 Å². The van der Waals surface area contributed by atoms with Crippen LogP contribution in [-0.2, 0) is 12.1 Å². The summed E-state index contributed by atoms with van der Waals surface area (Å²) in [4.78, 5) is 11.1. The molecular formula is C7H13Cl2N3O. The first-order chi connectivity index (χ1) is 5.11. The van der Waals surface area contributed by atoms with Crippen LogP contribution in [-0.4, -0.2) is 10.2 Å². The minimum atomic E-state index is -0.0888. The number of hydrogen-bond donors (Lipinski definition) is 3. The smallest absolute Gasteiger partial charge is 0.268 e. The van der Waals surface area contributed by atoms with Crippen LogP contribution in [0, 0.1) is 0 Å². The molecule has 3 N–H and O–H groups in total. The zero-order valence-corrected chi connectivity index (χ0v) is 9.06. The van der Waals surface area contributed by atoms with Gasteiger partial charge in [0.15, 0.2) is 0 Å². The van der Waals surface area contributed by atoms with Crippen molar-refractivity contribution in [2.75, 3.05) is 0 Å². The van der Waals surface area contributed by atoms with E-state index in [4.69, 9.17) is 0 Å². The summed E-state index contributed by atoms with van der Waals surface area (Å²) >= 11 is 0. The fraction of sp³-hybridized carbons (Fsp3) is 0.571. The molecule has 1 aromatic heterocycles. The van der Waals surface area contributed by atoms with Crippen LogP contribution in [0.2, 0.25) is 0 Å². The molecule has 0 amide bonds. The van der Waals surface area contributed by atoms with Crippen LogP contribution in [0.3, 0.4) is 0 Å². The zero-order valence-electron chi connectivity index (χ0n) is 7.43. The molecule has 0 fully saturated rings. The third kappa shape index (κ3) is 1.75. The maximum atomic E-state index is 11.1. The summed E-state index contributed by atoms with van der Waals surface area (Å²) in [5, 5.41) is 8.68. The predicted molar refractivity (Wildman–Crippen MR) is 55.8 cm³/mol. The molecule has 0 bridgehead atoms. The molecule has 1 aliphatic rings. The highest BCUT2D eigenvalue weighted by Gasteiger charge is 2.32. The summed E-state index contributed by atoms with van der Waals surface area (Å²) in [5.74, 6) is 0. The molecule has 13 heavy (non-hydrogen) atoms. The third-order valence-corrected chi connectivity index (χ3v) is 2.21. The number of H-pyrrole nitrogens is 2. The number of aromatic amines is 2. The summed E-state index contributed by atoms with van der Waals surface area (Å²) in [6.07, 6.45) is 0. The Labute approximate surface area is 88.3 Å². The minimum absolute atomic E-state index is 0. The first-order valence-electron chi connectivity index (χ1n) is 3.66. The minimum Gasteiger partial charge on any atom is -0.302 e. The van der Waals surface area contributed by atoms with Crippen molar-refractivity contribution in [3.8, 4) is 0 Å². The second-order valence-corrected chi connectivity index (χ2v) is 3.41. The maximum Gasteiger partial charge on any atom is 0.268 e. The van der Waals surface area contributed by atoms with E-state index in [2.05, 4.69) is 15.5 Å². The van der Waals surface area contributed by atoms with Gasteiger partial charge in [-0.2, -0.15) is 0 Å². The Bertz CT molecular complexity index is 342. The summed E-state index contributed by atoms with van der Waals surface area (Å²) in [6, 6.07) is 0. The van der Waals surface area contributed by atoms with E-state index in [1.165, 1.54) is 0 Å². The highest BCUT2D eigenvalue weighted by molar-refractivity contribution is 5.85. The van der Waals surface area contributed by atoms with Gasteiger partial charge in [0, 0.05) is 6.54 Å². The SMILES string of the molecule is CC1(C)NCc2c1[nH][nH]c2=O.Cl.Cl. The van der Waals surface area contributed by atoms with Crippen molar-refractivity contribution in [1.82, 2.24) is 15.5 Å². The van der Waals surface area contributed by atoms with Gasteiger partial charge in [-0.1, -0.05) is 0 Å². The van der Waals surface area contributed by atoms with Crippen LogP contribution in [0.5, 0.6) is 0 Å². The average Bonchev–Trinajstić information content (AvgIpc) is 2.39. The van der Waals surface area contributed by atoms with Gasteiger partial charge in [0.25, 0.3) is 5.56 Å². The second kappa shape index (κ2) is 3.74. The third-order valence-electron chi connectivity index (χ3n) is 2.21. The lowest BCUT2D eigenvalue weighted by Gasteiger charge is -2.17. The average molecular weight is 226 g/mol. The standard InChI is InChI=1S/C7H11N3O.2ClH/c1-7(2)5-4(3-8-7)6(11)10-9-5;;/h8H,3H2,1-2H3,(H2,9,10,11);2*1H. The van der Waals surface area contributed by atoms with Gasteiger partial charge < -0.3 is 10.4 Å². The fourth-order valence-electron chi connectivity index (χ4n) is 1.48. The van der Waals surface area contributed by atoms with Gasteiger partial charge in [-0.3, -0.25) is 9.89 Å². The van der Waals surface area contributed by atoms with Crippen LogP contribution in [0.4, 0.5) is 0 Å². The lowest BCUT2D eigenvalue weighted by Crippen LogP contribution is -2.30. The quantitative estimate of drug-likeness (QED) is 0.615. The molecule has 2 rings (SSSR count). The van der Waals surface area contributed by atoms with E-state index in [0.717, 1.165) is 11.3 Å². The molecule has 0 aromatic carbocycles. The molecule has 2 heterocycles. The zero-order chi connectivity index (χ0) is 8.06. The second-order valence-electron chi connectivity index (χ2n) is 3.41. The van der Waals surface area contributed by atoms with Gasteiger partial charge >= 0.3 is 0 Å². The van der Waals surface area contributed by atoms with Crippen molar-refractivity contribution in [3.05, 3.63) is 21.6 Å². The Kier molecular flexibility index (Phi) is 3.61. The van der Waals surface area contributed by atoms with Crippen LogP contribution in [0.25, 0.3) is 0 Å². The molecule has 0 saturated carbocycles. The number of nitrogens with one attached hydrogen (secondary N) is 3. The van der Waals surface area contributed by atoms with Gasteiger partial charge in [0.2, 0.25) is 0 Å². The first-order valence-corrected chi connectivity index (χ1v) is 3.66. The number of hydrogen-bond acceptors (Lipinski definition) is 2. The van der Waals surface area contributed by atoms with Crippen LogP contribution in [0.1, 0.15) is 25.1 Å². The maximum absolute atomic E-state index is 11.1. The van der Waals surface area contributed by atoms with Gasteiger partial charge in [-0.05, 0) is 13.8 Å². The number of aromatic nitrogens is 2. The van der Waals surface area contributed by atoms with Gasteiger partial charge in [0.05, 0.1) is 16.8 Å². The van der Waals surface area contributed by atoms with E-state index in [-0.39, 0.29) is 35.9 Å². The molecule has 0 unspecified atom stereocenters. The van der Waals surface area contributed by atoms with Gasteiger partial charge in [-0.25, -0.2) is 0 Å². The summed E-state index contributed by atoms with van der Waals surface area (Å²) in [6.45, 7) is 4.76. The van der Waals surface area contributed by atoms with Crippen LogP contribution in [0.15, 0.2) is 4.79 Å². The monoisotopic (exact) mass is 225 g/mol. The van der Waals surface area contributed by atoms with Gasteiger partial charge in [0.1, 0.15) is 0 Å². The van der Waals surface area contributed by atoms with E-state index in [1.807, 2.05) is 13.8 Å². The van der Waals surface area contributed by atoms with Crippen molar-refractivity contribution in [2.24, 2.45) is 0 Å². The Balaban J connectivity index is 0.000000720. The predicted octanol–water partition coefficient (Wildman–Crippen LogP) is 0.885. The lowest BCUT2D eigenvalue weighted by molar-refractivity contribution is 0.428. The van der Waals surface area contributed by atoms with Crippen molar-refractivity contribution in [2.45, 2.75) is 25.9 Å². The Morgan fingerprint density at radius 3 is 2.38 bits per heavy atom. The lowest BCUT2D eigenvalue weighted by atomic mass is 10.0. The van der Waals surface area contributed by atoms with E-state index in [0.29, 0.717) is 6.54 Å². The summed E-state index contributed by atoms with van der Waals surface area (Å²) in [5.41, 5.74) is 1.74. The molecule has 1 aliphatic heterocycles. The number of fused-ring (bicyclic) bond motifs is 1. The summed E-state index contributed by atoms with van der Waals surface area (Å²) < 4.78 is 0. The van der Waals surface area contributed by atoms with Crippen molar-refractivity contribution in [1.29, 1.82) is 0 Å².